The van der Waals surface area contributed by atoms with Crippen molar-refractivity contribution in [2.45, 2.75) is 72.6 Å². The molecule has 2 saturated carbocycles. The van der Waals surface area contributed by atoms with Gasteiger partial charge in [-0.2, -0.15) is 0 Å². The molecular weight excluding hydrogens is 386 g/mol. The lowest BCUT2D eigenvalue weighted by molar-refractivity contribution is -0.152. The molecule has 4 nitrogen and oxygen atoms in total. The highest BCUT2D eigenvalue weighted by atomic mass is 16.3. The molecular formula is C27H37NO3. The molecule has 2 unspecified atom stereocenters. The Kier molecular flexibility index (Phi) is 5.22. The van der Waals surface area contributed by atoms with Crippen molar-refractivity contribution in [2.75, 3.05) is 7.05 Å². The van der Waals surface area contributed by atoms with Crippen LogP contribution in [0.1, 0.15) is 78.2 Å². The van der Waals surface area contributed by atoms with Gasteiger partial charge in [-0.3, -0.25) is 9.79 Å². The van der Waals surface area contributed by atoms with Crippen molar-refractivity contribution >= 4 is 18.3 Å². The molecule has 0 aliphatic heterocycles. The van der Waals surface area contributed by atoms with E-state index in [1.165, 1.54) is 11.1 Å². The topological polar surface area (TPSA) is 59.6 Å². The van der Waals surface area contributed by atoms with E-state index >= 15 is 0 Å². The number of furan rings is 1. The number of rotatable bonds is 4. The second kappa shape index (κ2) is 7.28. The van der Waals surface area contributed by atoms with Crippen LogP contribution < -0.4 is 0 Å². The van der Waals surface area contributed by atoms with Crippen LogP contribution in [0.4, 0.5) is 0 Å². The first-order chi connectivity index (χ1) is 14.6. The van der Waals surface area contributed by atoms with Crippen molar-refractivity contribution in [3.63, 3.8) is 0 Å². The number of ketones is 1. The number of hydrogen-bond donors (Lipinski definition) is 0. The predicted molar refractivity (Wildman–Crippen MR) is 123 cm³/mol. The van der Waals surface area contributed by atoms with E-state index in [4.69, 9.17) is 4.42 Å². The summed E-state index contributed by atoms with van der Waals surface area (Å²) in [5, 5.41) is 0. The molecule has 0 bridgehead atoms. The molecule has 4 heteroatoms. The minimum Gasteiger partial charge on any atom is -0.472 e. The van der Waals surface area contributed by atoms with Crippen molar-refractivity contribution in [1.82, 2.24) is 0 Å². The quantitative estimate of drug-likeness (QED) is 0.338. The van der Waals surface area contributed by atoms with Gasteiger partial charge in [-0.05, 0) is 60.0 Å². The summed E-state index contributed by atoms with van der Waals surface area (Å²) < 4.78 is 5.42. The molecule has 0 saturated heterocycles. The molecule has 168 valence electrons. The van der Waals surface area contributed by atoms with E-state index in [9.17, 15) is 9.59 Å². The van der Waals surface area contributed by atoms with Gasteiger partial charge in [0.15, 0.2) is 0 Å². The highest BCUT2D eigenvalue weighted by Crippen LogP contribution is 2.68. The molecule has 2 fully saturated rings. The SMILES string of the molecule is CN=CC1(C)C2=CC[C@@H](c3ccoc3)[C@]2(C)CCC1[C@@]1(C)CCC(=O)C(C)(C)[C@H]1C=O. The number of aldehydes is 1. The molecule has 31 heavy (non-hydrogen) atoms. The largest absolute Gasteiger partial charge is 0.472 e. The van der Waals surface area contributed by atoms with Crippen molar-refractivity contribution in [3.8, 4) is 0 Å². The van der Waals surface area contributed by atoms with E-state index in [0.29, 0.717) is 12.3 Å². The van der Waals surface area contributed by atoms with Gasteiger partial charge in [0, 0.05) is 36.4 Å². The zero-order valence-electron chi connectivity index (χ0n) is 19.9. The molecule has 0 amide bonds. The van der Waals surface area contributed by atoms with Gasteiger partial charge in [-0.15, -0.1) is 0 Å². The summed E-state index contributed by atoms with van der Waals surface area (Å²) in [5.74, 6) is 0.597. The average Bonchev–Trinajstić information content (AvgIpc) is 3.33. The third-order valence-corrected chi connectivity index (χ3v) is 9.57. The lowest BCUT2D eigenvalue weighted by Gasteiger charge is -2.60. The number of nitrogens with zero attached hydrogens (tertiary/aromatic N) is 1. The molecule has 1 aromatic heterocycles. The molecule has 4 rings (SSSR count). The first kappa shape index (κ1) is 22.2. The minimum absolute atomic E-state index is 0.0450. The first-order valence-electron chi connectivity index (χ1n) is 11.7. The number of aliphatic imine (C=N–C) groups is 1. The van der Waals surface area contributed by atoms with E-state index in [-0.39, 0.29) is 33.9 Å². The third-order valence-electron chi connectivity index (χ3n) is 9.57. The van der Waals surface area contributed by atoms with E-state index < -0.39 is 5.41 Å². The Morgan fingerprint density at radius 2 is 1.90 bits per heavy atom. The van der Waals surface area contributed by atoms with Crippen molar-refractivity contribution < 1.29 is 14.0 Å². The molecule has 3 aliphatic rings. The molecule has 0 N–H and O–H groups in total. The summed E-state index contributed by atoms with van der Waals surface area (Å²) >= 11 is 0. The maximum Gasteiger partial charge on any atom is 0.139 e. The minimum atomic E-state index is -0.622. The van der Waals surface area contributed by atoms with Gasteiger partial charge in [0.25, 0.3) is 0 Å². The van der Waals surface area contributed by atoms with Crippen LogP contribution in [0, 0.1) is 33.5 Å². The van der Waals surface area contributed by atoms with Crippen LogP contribution in [0.2, 0.25) is 0 Å². The zero-order chi connectivity index (χ0) is 22.7. The second-order valence-electron chi connectivity index (χ2n) is 11.4. The van der Waals surface area contributed by atoms with Gasteiger partial charge in [0.2, 0.25) is 0 Å². The molecule has 6 atom stereocenters. The Morgan fingerprint density at radius 1 is 1.16 bits per heavy atom. The summed E-state index contributed by atoms with van der Waals surface area (Å²) in [4.78, 5) is 29.7. The van der Waals surface area contributed by atoms with Gasteiger partial charge >= 0.3 is 0 Å². The molecule has 1 aromatic rings. The fourth-order valence-corrected chi connectivity index (χ4v) is 7.99. The Balaban J connectivity index is 1.79. The van der Waals surface area contributed by atoms with Gasteiger partial charge in [0.1, 0.15) is 12.1 Å². The summed E-state index contributed by atoms with van der Waals surface area (Å²) in [6.45, 7) is 10.9. The third kappa shape index (κ3) is 2.97. The van der Waals surface area contributed by atoms with Crippen molar-refractivity contribution in [3.05, 3.63) is 35.8 Å². The molecule has 3 aliphatic carbocycles. The maximum absolute atomic E-state index is 12.7. The Labute approximate surface area is 186 Å². The van der Waals surface area contributed by atoms with Crippen LogP contribution in [-0.2, 0) is 9.59 Å². The fraction of sp³-hybridized carbons (Fsp3) is 0.667. The van der Waals surface area contributed by atoms with Crippen molar-refractivity contribution in [1.29, 1.82) is 0 Å². The predicted octanol–water partition coefficient (Wildman–Crippen LogP) is 6.03. The number of allylic oxidation sites excluding steroid dienone is 2. The maximum atomic E-state index is 12.7. The van der Waals surface area contributed by atoms with Gasteiger partial charge in [0.05, 0.1) is 12.5 Å². The molecule has 0 aromatic carbocycles. The van der Waals surface area contributed by atoms with Crippen LogP contribution >= 0.6 is 0 Å². The summed E-state index contributed by atoms with van der Waals surface area (Å²) in [7, 11) is 1.85. The molecule has 0 radical (unpaired) electrons. The van der Waals surface area contributed by atoms with E-state index in [1.54, 1.807) is 6.26 Å². The second-order valence-corrected chi connectivity index (χ2v) is 11.4. The van der Waals surface area contributed by atoms with Gasteiger partial charge in [-0.25, -0.2) is 0 Å². The van der Waals surface area contributed by atoms with Crippen LogP contribution in [0.15, 0.2) is 39.7 Å². The van der Waals surface area contributed by atoms with Crippen LogP contribution in [0.3, 0.4) is 0 Å². The first-order valence-corrected chi connectivity index (χ1v) is 11.7. The van der Waals surface area contributed by atoms with E-state index in [2.05, 4.69) is 44.1 Å². The van der Waals surface area contributed by atoms with E-state index in [0.717, 1.165) is 32.0 Å². The molecule has 0 spiro atoms. The van der Waals surface area contributed by atoms with Gasteiger partial charge < -0.3 is 9.21 Å². The summed E-state index contributed by atoms with van der Waals surface area (Å²) in [6.07, 6.45) is 13.7. The van der Waals surface area contributed by atoms with Crippen LogP contribution in [-0.4, -0.2) is 25.3 Å². The van der Waals surface area contributed by atoms with Crippen molar-refractivity contribution in [2.24, 2.45) is 38.5 Å². The van der Waals surface area contributed by atoms with E-state index in [1.807, 2.05) is 27.2 Å². The van der Waals surface area contributed by atoms with Crippen LogP contribution in [0.5, 0.6) is 0 Å². The highest BCUT2D eigenvalue weighted by Gasteiger charge is 2.62. The molecule has 1 heterocycles. The Morgan fingerprint density at radius 3 is 2.52 bits per heavy atom. The standard InChI is InChI=1S/C27H37NO3/c1-24(2)22(15-29)26(4,13-10-23(24)30)21-9-12-25(3)19(18-11-14-31-16-18)7-8-20(25)27(21,5)17-28-6/h8,11,14-17,19,21-22H,7,9-10,12-13H2,1-6H3/t19-,21?,22+,25-,26+,27?/m0/s1. The summed E-state index contributed by atoms with van der Waals surface area (Å²) in [5.41, 5.74) is 1.66. The highest BCUT2D eigenvalue weighted by molar-refractivity contribution is 5.89. The Hall–Kier alpha value is -1.97. The number of fused-ring (bicyclic) bond motifs is 1. The van der Waals surface area contributed by atoms with Gasteiger partial charge in [-0.1, -0.05) is 46.3 Å². The normalized spacial score (nSPS) is 42.5. The monoisotopic (exact) mass is 423 g/mol. The fourth-order valence-electron chi connectivity index (χ4n) is 7.99. The smallest absolute Gasteiger partial charge is 0.139 e. The number of carbonyl (C=O) groups excluding carboxylic acids is 2. The number of carbonyl (C=O) groups is 2. The Bertz CT molecular complexity index is 926. The lowest BCUT2D eigenvalue weighted by atomic mass is 9.43. The number of Topliss-reactive ketones (excluding diaryl/α,β-unsaturated/α-hetero) is 1. The lowest BCUT2D eigenvalue weighted by Crippen LogP contribution is -2.57. The average molecular weight is 424 g/mol. The zero-order valence-corrected chi connectivity index (χ0v) is 19.9. The number of hydrogen-bond acceptors (Lipinski definition) is 4. The van der Waals surface area contributed by atoms with Crippen LogP contribution in [0.25, 0.3) is 0 Å². The summed E-state index contributed by atoms with van der Waals surface area (Å²) in [6, 6.07) is 2.10.